The molecule has 1 aromatic heterocycles. The van der Waals surface area contributed by atoms with Gasteiger partial charge < -0.3 is 30.3 Å². The Hall–Kier alpha value is -2.43. The number of guanidine groups is 1. The molecule has 0 atom stereocenters. The number of amides is 1. The monoisotopic (exact) mass is 570 g/mol. The van der Waals surface area contributed by atoms with Gasteiger partial charge in [-0.25, -0.2) is 4.99 Å². The number of hydrogen-bond acceptors (Lipinski definition) is 5. The maximum atomic E-state index is 11.2. The van der Waals surface area contributed by atoms with Gasteiger partial charge in [0, 0.05) is 18.5 Å². The van der Waals surface area contributed by atoms with Gasteiger partial charge in [-0.1, -0.05) is 25.3 Å². The van der Waals surface area contributed by atoms with Gasteiger partial charge in [-0.15, -0.1) is 24.0 Å². The molecule has 1 amide bonds. The standard InChI is InChI=1S/C24H34N4O4.HI/c1-4-26-23(27-15-18-9-11-20(32-18)22(25)29)28-16-24(12-6-5-7-13-24)17-8-10-19(30-2)21(14-17)31-3;/h8-11,14H,4-7,12-13,15-16H2,1-3H3,(H2,25,29)(H2,26,27,28);1H. The van der Waals surface area contributed by atoms with E-state index < -0.39 is 5.91 Å². The molecule has 1 fully saturated rings. The third kappa shape index (κ3) is 6.78. The number of nitrogens with zero attached hydrogens (tertiary/aromatic N) is 1. The van der Waals surface area contributed by atoms with E-state index in [9.17, 15) is 4.79 Å². The van der Waals surface area contributed by atoms with Crippen molar-refractivity contribution in [3.05, 3.63) is 47.4 Å². The molecule has 0 spiro atoms. The van der Waals surface area contributed by atoms with Crippen LogP contribution in [0, 0.1) is 0 Å². The van der Waals surface area contributed by atoms with E-state index in [1.54, 1.807) is 26.4 Å². The largest absolute Gasteiger partial charge is 0.493 e. The van der Waals surface area contributed by atoms with E-state index in [-0.39, 0.29) is 35.2 Å². The highest BCUT2D eigenvalue weighted by atomic mass is 127. The number of carbonyl (C=O) groups is 1. The minimum atomic E-state index is -0.584. The molecule has 9 heteroatoms. The summed E-state index contributed by atoms with van der Waals surface area (Å²) in [5.41, 5.74) is 6.49. The lowest BCUT2D eigenvalue weighted by Gasteiger charge is -2.38. The van der Waals surface area contributed by atoms with Gasteiger partial charge in [-0.3, -0.25) is 4.79 Å². The highest BCUT2D eigenvalue weighted by molar-refractivity contribution is 14.0. The van der Waals surface area contributed by atoms with Crippen LogP contribution in [0.25, 0.3) is 0 Å². The van der Waals surface area contributed by atoms with Crippen LogP contribution in [0.15, 0.2) is 39.7 Å². The predicted molar refractivity (Wildman–Crippen MR) is 140 cm³/mol. The summed E-state index contributed by atoms with van der Waals surface area (Å²) in [6.45, 7) is 3.82. The number of hydrogen-bond donors (Lipinski definition) is 3. The van der Waals surface area contributed by atoms with E-state index in [0.29, 0.717) is 18.3 Å². The Bertz CT molecular complexity index is 938. The van der Waals surface area contributed by atoms with Crippen molar-refractivity contribution in [3.63, 3.8) is 0 Å². The number of nitrogens with one attached hydrogen (secondary N) is 2. The molecule has 182 valence electrons. The van der Waals surface area contributed by atoms with Crippen LogP contribution in [0.2, 0.25) is 0 Å². The Balaban J connectivity index is 0.00000385. The zero-order chi connectivity index (χ0) is 23.0. The summed E-state index contributed by atoms with van der Waals surface area (Å²) in [5.74, 6) is 2.33. The minimum absolute atomic E-state index is 0. The molecule has 0 unspecified atom stereocenters. The molecule has 1 heterocycles. The first-order chi connectivity index (χ1) is 15.5. The number of carbonyl (C=O) groups excluding carboxylic acids is 1. The molecule has 3 rings (SSSR count). The summed E-state index contributed by atoms with van der Waals surface area (Å²) in [6, 6.07) is 9.52. The van der Waals surface area contributed by atoms with Gasteiger partial charge in [-0.2, -0.15) is 0 Å². The van der Waals surface area contributed by atoms with E-state index >= 15 is 0 Å². The van der Waals surface area contributed by atoms with Gasteiger partial charge in [0.05, 0.1) is 14.2 Å². The van der Waals surface area contributed by atoms with Gasteiger partial charge in [0.1, 0.15) is 12.3 Å². The number of nitrogens with two attached hydrogens (primary N) is 1. The molecule has 0 aliphatic heterocycles. The van der Waals surface area contributed by atoms with Crippen LogP contribution < -0.4 is 25.8 Å². The van der Waals surface area contributed by atoms with Crippen molar-refractivity contribution in [2.45, 2.75) is 51.0 Å². The Kier molecular flexibility index (Phi) is 10.3. The maximum Gasteiger partial charge on any atom is 0.284 e. The number of benzene rings is 1. The number of aliphatic imine (C=N–C) groups is 1. The van der Waals surface area contributed by atoms with Crippen LogP contribution in [-0.2, 0) is 12.0 Å². The number of methoxy groups -OCH3 is 2. The molecule has 0 bridgehead atoms. The Morgan fingerprint density at radius 3 is 2.42 bits per heavy atom. The first kappa shape index (κ1) is 26.8. The maximum absolute atomic E-state index is 11.2. The normalized spacial score (nSPS) is 15.3. The lowest BCUT2D eigenvalue weighted by molar-refractivity contribution is 0.0972. The minimum Gasteiger partial charge on any atom is -0.493 e. The lowest BCUT2D eigenvalue weighted by Crippen LogP contribution is -2.46. The Labute approximate surface area is 212 Å². The SMILES string of the molecule is CCNC(=NCc1ccc(C(N)=O)o1)NCC1(c2ccc(OC)c(OC)c2)CCCCC1.I. The number of halogens is 1. The van der Waals surface area contributed by atoms with Crippen LogP contribution >= 0.6 is 24.0 Å². The second-order valence-electron chi connectivity index (χ2n) is 8.09. The average molecular weight is 570 g/mol. The van der Waals surface area contributed by atoms with E-state index in [1.807, 2.05) is 13.0 Å². The molecule has 8 nitrogen and oxygen atoms in total. The molecule has 1 aromatic carbocycles. The van der Waals surface area contributed by atoms with Crippen molar-refractivity contribution in [2.75, 3.05) is 27.3 Å². The van der Waals surface area contributed by atoms with Gasteiger partial charge in [0.2, 0.25) is 0 Å². The van der Waals surface area contributed by atoms with Crippen LogP contribution in [0.5, 0.6) is 11.5 Å². The van der Waals surface area contributed by atoms with Crippen LogP contribution in [0.4, 0.5) is 0 Å². The lowest BCUT2D eigenvalue weighted by atomic mass is 9.69. The molecule has 33 heavy (non-hydrogen) atoms. The second kappa shape index (κ2) is 12.7. The molecular weight excluding hydrogens is 535 g/mol. The van der Waals surface area contributed by atoms with Crippen LogP contribution in [-0.4, -0.2) is 39.2 Å². The highest BCUT2D eigenvalue weighted by Crippen LogP contribution is 2.42. The molecular formula is C24H35IN4O4. The molecule has 4 N–H and O–H groups in total. The molecule has 0 radical (unpaired) electrons. The predicted octanol–water partition coefficient (Wildman–Crippen LogP) is 3.97. The van der Waals surface area contributed by atoms with Crippen molar-refractivity contribution in [3.8, 4) is 11.5 Å². The van der Waals surface area contributed by atoms with E-state index in [1.165, 1.54) is 24.8 Å². The van der Waals surface area contributed by atoms with Crippen LogP contribution in [0.3, 0.4) is 0 Å². The van der Waals surface area contributed by atoms with E-state index in [0.717, 1.165) is 37.4 Å². The third-order valence-electron chi connectivity index (χ3n) is 6.04. The Morgan fingerprint density at radius 1 is 1.09 bits per heavy atom. The van der Waals surface area contributed by atoms with Gasteiger partial charge in [0.25, 0.3) is 5.91 Å². The van der Waals surface area contributed by atoms with Crippen molar-refractivity contribution in [1.29, 1.82) is 0 Å². The first-order valence-electron chi connectivity index (χ1n) is 11.1. The van der Waals surface area contributed by atoms with Crippen LogP contribution in [0.1, 0.15) is 60.9 Å². The van der Waals surface area contributed by atoms with Gasteiger partial charge >= 0.3 is 0 Å². The van der Waals surface area contributed by atoms with E-state index in [2.05, 4.69) is 27.8 Å². The number of furan rings is 1. The third-order valence-corrected chi connectivity index (χ3v) is 6.04. The zero-order valence-electron chi connectivity index (χ0n) is 19.6. The summed E-state index contributed by atoms with van der Waals surface area (Å²) >= 11 is 0. The number of ether oxygens (including phenoxy) is 2. The number of primary amides is 1. The van der Waals surface area contributed by atoms with Gasteiger partial charge in [0.15, 0.2) is 23.2 Å². The summed E-state index contributed by atoms with van der Waals surface area (Å²) in [7, 11) is 3.32. The molecule has 0 saturated heterocycles. The van der Waals surface area contributed by atoms with Crippen molar-refractivity contribution in [2.24, 2.45) is 10.7 Å². The zero-order valence-corrected chi connectivity index (χ0v) is 21.9. The van der Waals surface area contributed by atoms with Crippen molar-refractivity contribution >= 4 is 35.8 Å². The first-order valence-corrected chi connectivity index (χ1v) is 11.1. The molecule has 1 saturated carbocycles. The van der Waals surface area contributed by atoms with Crippen molar-refractivity contribution < 1.29 is 18.7 Å². The fraction of sp³-hybridized carbons (Fsp3) is 0.500. The number of rotatable bonds is 9. The fourth-order valence-corrected chi connectivity index (χ4v) is 4.31. The summed E-state index contributed by atoms with van der Waals surface area (Å²) in [6.07, 6.45) is 5.81. The van der Waals surface area contributed by atoms with E-state index in [4.69, 9.17) is 19.6 Å². The quantitative estimate of drug-likeness (QED) is 0.239. The molecule has 1 aliphatic carbocycles. The Morgan fingerprint density at radius 2 is 1.82 bits per heavy atom. The topological polar surface area (TPSA) is 111 Å². The summed E-state index contributed by atoms with van der Waals surface area (Å²) in [5, 5.41) is 6.82. The summed E-state index contributed by atoms with van der Waals surface area (Å²) in [4.78, 5) is 15.9. The van der Waals surface area contributed by atoms with Crippen molar-refractivity contribution in [1.82, 2.24) is 10.6 Å². The molecule has 1 aliphatic rings. The van der Waals surface area contributed by atoms with Gasteiger partial charge in [-0.05, 0) is 49.6 Å². The smallest absolute Gasteiger partial charge is 0.284 e. The highest BCUT2D eigenvalue weighted by Gasteiger charge is 2.34. The summed E-state index contributed by atoms with van der Waals surface area (Å²) < 4.78 is 16.4. The molecule has 2 aromatic rings. The fourth-order valence-electron chi connectivity index (χ4n) is 4.31. The second-order valence-corrected chi connectivity index (χ2v) is 8.09. The average Bonchev–Trinajstić information content (AvgIpc) is 3.30.